The molecule has 1 fully saturated rings. The SMILES string of the molecule is CN1CCN(CCCCO)CC1(C)C. The molecule has 3 nitrogen and oxygen atoms in total. The van der Waals surface area contributed by atoms with E-state index in [9.17, 15) is 0 Å². The molecule has 1 rings (SSSR count). The third-order valence-electron chi connectivity index (χ3n) is 3.28. The molecule has 0 aromatic rings. The van der Waals surface area contributed by atoms with Gasteiger partial charge in [0.25, 0.3) is 0 Å². The van der Waals surface area contributed by atoms with Gasteiger partial charge in [0.2, 0.25) is 0 Å². The molecule has 0 radical (unpaired) electrons. The number of rotatable bonds is 4. The van der Waals surface area contributed by atoms with Gasteiger partial charge < -0.3 is 10.0 Å². The predicted octanol–water partition coefficient (Wildman–Crippen LogP) is 0.785. The third kappa shape index (κ3) is 3.23. The van der Waals surface area contributed by atoms with Crippen LogP contribution in [0.5, 0.6) is 0 Å². The van der Waals surface area contributed by atoms with E-state index in [-0.39, 0.29) is 0 Å². The van der Waals surface area contributed by atoms with Crippen LogP contribution in [-0.2, 0) is 0 Å². The summed E-state index contributed by atoms with van der Waals surface area (Å²) in [6.45, 7) is 9.54. The van der Waals surface area contributed by atoms with E-state index >= 15 is 0 Å². The van der Waals surface area contributed by atoms with Crippen LogP contribution in [0.15, 0.2) is 0 Å². The monoisotopic (exact) mass is 200 g/mol. The van der Waals surface area contributed by atoms with Crippen LogP contribution in [0.2, 0.25) is 0 Å². The summed E-state index contributed by atoms with van der Waals surface area (Å²) in [4.78, 5) is 4.94. The van der Waals surface area contributed by atoms with E-state index in [4.69, 9.17) is 5.11 Å². The lowest BCUT2D eigenvalue weighted by Gasteiger charge is -2.45. The Morgan fingerprint density at radius 1 is 1.21 bits per heavy atom. The molecule has 0 aromatic carbocycles. The Morgan fingerprint density at radius 3 is 2.50 bits per heavy atom. The van der Waals surface area contributed by atoms with Crippen LogP contribution in [0, 0.1) is 0 Å². The van der Waals surface area contributed by atoms with Crippen LogP contribution in [0.4, 0.5) is 0 Å². The van der Waals surface area contributed by atoms with Crippen molar-refractivity contribution >= 4 is 0 Å². The van der Waals surface area contributed by atoms with Crippen molar-refractivity contribution in [1.82, 2.24) is 9.80 Å². The van der Waals surface area contributed by atoms with Crippen molar-refractivity contribution < 1.29 is 5.11 Å². The molecule has 1 aliphatic heterocycles. The molecular weight excluding hydrogens is 176 g/mol. The summed E-state index contributed by atoms with van der Waals surface area (Å²) in [6.07, 6.45) is 2.06. The van der Waals surface area contributed by atoms with Gasteiger partial charge in [-0.3, -0.25) is 4.90 Å². The summed E-state index contributed by atoms with van der Waals surface area (Å²) in [5.74, 6) is 0. The maximum Gasteiger partial charge on any atom is 0.0431 e. The third-order valence-corrected chi connectivity index (χ3v) is 3.28. The molecule has 0 aliphatic carbocycles. The second kappa shape index (κ2) is 5.10. The maximum atomic E-state index is 8.71. The van der Waals surface area contributed by atoms with Crippen molar-refractivity contribution in [3.8, 4) is 0 Å². The average Bonchev–Trinajstić information content (AvgIpc) is 2.11. The standard InChI is InChI=1S/C11H24N2O/c1-11(2)10-13(6-4-5-9-14)8-7-12(11)3/h14H,4-10H2,1-3H3. The fourth-order valence-electron chi connectivity index (χ4n) is 1.98. The van der Waals surface area contributed by atoms with Gasteiger partial charge in [-0.2, -0.15) is 0 Å². The fraction of sp³-hybridized carbons (Fsp3) is 1.00. The highest BCUT2D eigenvalue weighted by Crippen LogP contribution is 2.18. The minimum Gasteiger partial charge on any atom is -0.396 e. The summed E-state index contributed by atoms with van der Waals surface area (Å²) >= 11 is 0. The molecule has 0 bridgehead atoms. The zero-order valence-corrected chi connectivity index (χ0v) is 9.79. The number of aliphatic hydroxyl groups excluding tert-OH is 1. The van der Waals surface area contributed by atoms with E-state index in [0.29, 0.717) is 12.1 Å². The molecule has 0 atom stereocenters. The van der Waals surface area contributed by atoms with E-state index in [2.05, 4.69) is 30.7 Å². The van der Waals surface area contributed by atoms with Gasteiger partial charge >= 0.3 is 0 Å². The van der Waals surface area contributed by atoms with Gasteiger partial charge in [0, 0.05) is 31.8 Å². The number of nitrogens with zero attached hydrogens (tertiary/aromatic N) is 2. The van der Waals surface area contributed by atoms with Crippen molar-refractivity contribution in [3.05, 3.63) is 0 Å². The van der Waals surface area contributed by atoms with Crippen LogP contribution in [0.1, 0.15) is 26.7 Å². The molecular formula is C11H24N2O. The summed E-state index contributed by atoms with van der Waals surface area (Å²) in [6, 6.07) is 0. The van der Waals surface area contributed by atoms with Crippen LogP contribution >= 0.6 is 0 Å². The largest absolute Gasteiger partial charge is 0.396 e. The number of piperazine rings is 1. The normalized spacial score (nSPS) is 24.0. The van der Waals surface area contributed by atoms with E-state index in [1.807, 2.05) is 0 Å². The average molecular weight is 200 g/mol. The van der Waals surface area contributed by atoms with E-state index in [1.54, 1.807) is 0 Å². The van der Waals surface area contributed by atoms with Gasteiger partial charge in [-0.05, 0) is 40.3 Å². The molecule has 3 heteroatoms. The smallest absolute Gasteiger partial charge is 0.0431 e. The zero-order chi connectivity index (χ0) is 10.6. The first-order valence-electron chi connectivity index (χ1n) is 5.61. The molecule has 1 N–H and O–H groups in total. The van der Waals surface area contributed by atoms with Crippen LogP contribution < -0.4 is 0 Å². The fourth-order valence-corrected chi connectivity index (χ4v) is 1.98. The van der Waals surface area contributed by atoms with Gasteiger partial charge in [-0.1, -0.05) is 0 Å². The molecule has 0 aromatic heterocycles. The first kappa shape index (κ1) is 12.0. The molecule has 14 heavy (non-hydrogen) atoms. The Bertz CT molecular complexity index is 171. The Kier molecular flexibility index (Phi) is 4.35. The van der Waals surface area contributed by atoms with Crippen LogP contribution in [0.25, 0.3) is 0 Å². The molecule has 0 spiro atoms. The minimum absolute atomic E-state index is 0.303. The molecule has 0 saturated carbocycles. The lowest BCUT2D eigenvalue weighted by molar-refractivity contribution is 0.0387. The summed E-state index contributed by atoms with van der Waals surface area (Å²) in [5.41, 5.74) is 0.303. The van der Waals surface area contributed by atoms with E-state index < -0.39 is 0 Å². The van der Waals surface area contributed by atoms with Gasteiger partial charge in [0.1, 0.15) is 0 Å². The highest BCUT2D eigenvalue weighted by atomic mass is 16.2. The Labute approximate surface area is 87.7 Å². The van der Waals surface area contributed by atoms with Crippen molar-refractivity contribution in [3.63, 3.8) is 0 Å². The summed E-state index contributed by atoms with van der Waals surface area (Å²) in [7, 11) is 2.20. The molecule has 1 saturated heterocycles. The lowest BCUT2D eigenvalue weighted by atomic mass is 9.99. The van der Waals surface area contributed by atoms with Gasteiger partial charge in [-0.15, -0.1) is 0 Å². The number of hydrogen-bond donors (Lipinski definition) is 1. The molecule has 0 unspecified atom stereocenters. The van der Waals surface area contributed by atoms with Gasteiger partial charge in [-0.25, -0.2) is 0 Å². The number of aliphatic hydroxyl groups is 1. The second-order valence-corrected chi connectivity index (χ2v) is 4.94. The van der Waals surface area contributed by atoms with Crippen molar-refractivity contribution in [1.29, 1.82) is 0 Å². The second-order valence-electron chi connectivity index (χ2n) is 4.94. The van der Waals surface area contributed by atoms with Crippen molar-refractivity contribution in [2.24, 2.45) is 0 Å². The van der Waals surface area contributed by atoms with Gasteiger partial charge in [0.05, 0.1) is 0 Å². The number of likely N-dealkylation sites (N-methyl/N-ethyl adjacent to an activating group) is 1. The summed E-state index contributed by atoms with van der Waals surface area (Å²) in [5, 5.41) is 8.71. The molecule has 1 heterocycles. The highest BCUT2D eigenvalue weighted by Gasteiger charge is 2.30. The summed E-state index contributed by atoms with van der Waals surface area (Å²) < 4.78 is 0. The van der Waals surface area contributed by atoms with Crippen LogP contribution in [0.3, 0.4) is 0 Å². The lowest BCUT2D eigenvalue weighted by Crippen LogP contribution is -2.57. The minimum atomic E-state index is 0.303. The molecule has 0 amide bonds. The van der Waals surface area contributed by atoms with Crippen LogP contribution in [-0.4, -0.2) is 60.3 Å². The predicted molar refractivity (Wildman–Crippen MR) is 59.5 cm³/mol. The quantitative estimate of drug-likeness (QED) is 0.680. The zero-order valence-electron chi connectivity index (χ0n) is 9.79. The molecule has 84 valence electrons. The first-order chi connectivity index (χ1) is 6.56. The van der Waals surface area contributed by atoms with E-state index in [0.717, 1.165) is 32.5 Å². The van der Waals surface area contributed by atoms with E-state index in [1.165, 1.54) is 6.54 Å². The first-order valence-corrected chi connectivity index (χ1v) is 5.61. The number of unbranched alkanes of at least 4 members (excludes halogenated alkanes) is 1. The Hall–Kier alpha value is -0.120. The Balaban J connectivity index is 2.29. The van der Waals surface area contributed by atoms with Crippen molar-refractivity contribution in [2.45, 2.75) is 32.2 Å². The topological polar surface area (TPSA) is 26.7 Å². The number of hydrogen-bond acceptors (Lipinski definition) is 3. The van der Waals surface area contributed by atoms with Crippen molar-refractivity contribution in [2.75, 3.05) is 39.8 Å². The Morgan fingerprint density at radius 2 is 1.93 bits per heavy atom. The highest BCUT2D eigenvalue weighted by molar-refractivity contribution is 4.87. The molecule has 1 aliphatic rings. The van der Waals surface area contributed by atoms with Gasteiger partial charge in [0.15, 0.2) is 0 Å². The maximum absolute atomic E-state index is 8.71.